The molecule has 106 valence electrons. The zero-order valence-electron chi connectivity index (χ0n) is 10.3. The Morgan fingerprint density at radius 2 is 1.70 bits per heavy atom. The van der Waals surface area contributed by atoms with E-state index in [9.17, 15) is 18.3 Å². The van der Waals surface area contributed by atoms with Crippen molar-refractivity contribution in [2.75, 3.05) is 5.73 Å². The van der Waals surface area contributed by atoms with Gasteiger partial charge in [0.2, 0.25) is 0 Å². The number of benzene rings is 2. The van der Waals surface area contributed by atoms with Crippen LogP contribution in [0.2, 0.25) is 0 Å². The first-order chi connectivity index (χ1) is 9.36. The van der Waals surface area contributed by atoms with Crippen LogP contribution in [0.15, 0.2) is 42.5 Å². The van der Waals surface area contributed by atoms with Gasteiger partial charge in [-0.25, -0.2) is 0 Å². The van der Waals surface area contributed by atoms with Crippen LogP contribution in [0.1, 0.15) is 11.1 Å². The van der Waals surface area contributed by atoms with Crippen molar-refractivity contribution in [2.45, 2.75) is 12.8 Å². The van der Waals surface area contributed by atoms with Gasteiger partial charge in [0.1, 0.15) is 18.1 Å². The molecule has 0 bridgehead atoms. The predicted molar refractivity (Wildman–Crippen MR) is 68.3 cm³/mol. The van der Waals surface area contributed by atoms with Crippen molar-refractivity contribution in [3.05, 3.63) is 53.6 Å². The lowest BCUT2D eigenvalue weighted by atomic mass is 10.2. The Labute approximate surface area is 113 Å². The zero-order valence-corrected chi connectivity index (χ0v) is 10.3. The molecule has 3 nitrogen and oxygen atoms in total. The molecule has 0 aliphatic rings. The smallest absolute Gasteiger partial charge is 0.416 e. The number of aromatic hydroxyl groups is 1. The summed E-state index contributed by atoms with van der Waals surface area (Å²) in [4.78, 5) is 0. The third kappa shape index (κ3) is 3.34. The summed E-state index contributed by atoms with van der Waals surface area (Å²) in [5, 5.41) is 9.61. The number of phenolic OH excluding ortho intramolecular Hbond substituents is 1. The maximum atomic E-state index is 12.4. The Balaban J connectivity index is 2.04. The van der Waals surface area contributed by atoms with E-state index in [1.54, 1.807) is 12.1 Å². The molecule has 2 aromatic rings. The summed E-state index contributed by atoms with van der Waals surface area (Å²) >= 11 is 0. The lowest BCUT2D eigenvalue weighted by Crippen LogP contribution is -2.04. The van der Waals surface area contributed by atoms with Crippen molar-refractivity contribution < 1.29 is 23.0 Å². The Kier molecular flexibility index (Phi) is 3.74. The van der Waals surface area contributed by atoms with Gasteiger partial charge in [0.15, 0.2) is 0 Å². The second-order valence-corrected chi connectivity index (χ2v) is 4.20. The fourth-order valence-corrected chi connectivity index (χ4v) is 1.60. The minimum atomic E-state index is -4.37. The van der Waals surface area contributed by atoms with E-state index in [1.165, 1.54) is 18.2 Å². The van der Waals surface area contributed by atoms with E-state index in [2.05, 4.69) is 0 Å². The number of hydrogen-bond acceptors (Lipinski definition) is 3. The van der Waals surface area contributed by atoms with E-state index in [4.69, 9.17) is 10.5 Å². The third-order valence-corrected chi connectivity index (χ3v) is 2.69. The Morgan fingerprint density at radius 3 is 2.25 bits per heavy atom. The fraction of sp³-hybridized carbons (Fsp3) is 0.143. The average molecular weight is 283 g/mol. The summed E-state index contributed by atoms with van der Waals surface area (Å²) in [5.74, 6) is 0.270. The number of nitrogen functional groups attached to an aromatic ring is 1. The van der Waals surface area contributed by atoms with Crippen LogP contribution < -0.4 is 10.5 Å². The Bertz CT molecular complexity index is 594. The van der Waals surface area contributed by atoms with Crippen molar-refractivity contribution >= 4 is 5.69 Å². The molecule has 0 aliphatic heterocycles. The van der Waals surface area contributed by atoms with Gasteiger partial charge in [-0.1, -0.05) is 0 Å². The largest absolute Gasteiger partial charge is 0.507 e. The topological polar surface area (TPSA) is 55.5 Å². The zero-order chi connectivity index (χ0) is 14.8. The number of nitrogens with two attached hydrogens (primary N) is 1. The molecule has 0 aliphatic carbocycles. The minimum Gasteiger partial charge on any atom is -0.507 e. The molecule has 0 saturated heterocycles. The molecule has 0 unspecified atom stereocenters. The third-order valence-electron chi connectivity index (χ3n) is 2.69. The van der Waals surface area contributed by atoms with Crippen LogP contribution >= 0.6 is 0 Å². The molecule has 0 amide bonds. The lowest BCUT2D eigenvalue weighted by Gasteiger charge is -2.10. The van der Waals surface area contributed by atoms with Gasteiger partial charge in [-0.3, -0.25) is 0 Å². The fourth-order valence-electron chi connectivity index (χ4n) is 1.60. The van der Waals surface area contributed by atoms with Crippen molar-refractivity contribution in [2.24, 2.45) is 0 Å². The van der Waals surface area contributed by atoms with Gasteiger partial charge < -0.3 is 15.6 Å². The molecular weight excluding hydrogens is 271 g/mol. The minimum absolute atomic E-state index is 0.0167. The monoisotopic (exact) mass is 283 g/mol. The van der Waals surface area contributed by atoms with Crippen LogP contribution in [-0.4, -0.2) is 5.11 Å². The average Bonchev–Trinajstić information content (AvgIpc) is 2.37. The molecule has 0 spiro atoms. The molecule has 3 N–H and O–H groups in total. The number of anilines is 1. The van der Waals surface area contributed by atoms with E-state index in [-0.39, 0.29) is 18.1 Å². The molecule has 0 radical (unpaired) electrons. The van der Waals surface area contributed by atoms with Crippen LogP contribution in [0.5, 0.6) is 11.5 Å². The van der Waals surface area contributed by atoms with Crippen molar-refractivity contribution in [1.29, 1.82) is 0 Å². The molecule has 2 aromatic carbocycles. The molecule has 0 aromatic heterocycles. The van der Waals surface area contributed by atoms with Gasteiger partial charge >= 0.3 is 6.18 Å². The van der Waals surface area contributed by atoms with E-state index >= 15 is 0 Å². The molecule has 0 atom stereocenters. The first kappa shape index (κ1) is 14.0. The molecule has 0 fully saturated rings. The highest BCUT2D eigenvalue weighted by molar-refractivity contribution is 5.47. The number of hydrogen-bond donors (Lipinski definition) is 2. The van der Waals surface area contributed by atoms with E-state index in [0.717, 1.165) is 12.1 Å². The molecule has 0 heterocycles. The van der Waals surface area contributed by atoms with Crippen molar-refractivity contribution in [3.8, 4) is 11.5 Å². The normalized spacial score (nSPS) is 11.3. The maximum absolute atomic E-state index is 12.4. The highest BCUT2D eigenvalue weighted by atomic mass is 19.4. The van der Waals surface area contributed by atoms with Gasteiger partial charge in [0.25, 0.3) is 0 Å². The van der Waals surface area contributed by atoms with Crippen molar-refractivity contribution in [1.82, 2.24) is 0 Å². The van der Waals surface area contributed by atoms with Gasteiger partial charge in [-0.15, -0.1) is 0 Å². The summed E-state index contributed by atoms with van der Waals surface area (Å²) in [5.41, 5.74) is 5.67. The second-order valence-electron chi connectivity index (χ2n) is 4.20. The Morgan fingerprint density at radius 1 is 1.05 bits per heavy atom. The van der Waals surface area contributed by atoms with E-state index < -0.39 is 11.7 Å². The molecule has 0 saturated carbocycles. The molecule has 20 heavy (non-hydrogen) atoms. The van der Waals surface area contributed by atoms with Gasteiger partial charge in [-0.05, 0) is 36.4 Å². The van der Waals surface area contributed by atoms with E-state index in [0.29, 0.717) is 11.3 Å². The standard InChI is InChI=1S/C14H12F3NO2/c15-14(16,17)10-2-5-12(6-3-10)20-8-9-1-4-11(18)7-13(9)19/h1-7,19H,8,18H2. The molecule has 6 heteroatoms. The summed E-state index contributed by atoms with van der Waals surface area (Å²) in [6.45, 7) is 0.0392. The summed E-state index contributed by atoms with van der Waals surface area (Å²) in [6.07, 6.45) is -4.37. The predicted octanol–water partition coefficient (Wildman–Crippen LogP) is 3.57. The number of halogens is 3. The summed E-state index contributed by atoms with van der Waals surface area (Å²) < 4.78 is 42.4. The number of rotatable bonds is 3. The van der Waals surface area contributed by atoms with Crippen molar-refractivity contribution in [3.63, 3.8) is 0 Å². The Hall–Kier alpha value is -2.37. The number of ether oxygens (including phenoxy) is 1. The second kappa shape index (κ2) is 5.32. The maximum Gasteiger partial charge on any atom is 0.416 e. The van der Waals surface area contributed by atoms with Crippen LogP contribution in [0.25, 0.3) is 0 Å². The van der Waals surface area contributed by atoms with Gasteiger partial charge in [0.05, 0.1) is 5.56 Å². The quantitative estimate of drug-likeness (QED) is 0.847. The first-order valence-corrected chi connectivity index (χ1v) is 5.73. The van der Waals surface area contributed by atoms with Crippen LogP contribution in [0, 0.1) is 0 Å². The molecular formula is C14H12F3NO2. The van der Waals surface area contributed by atoms with Gasteiger partial charge in [-0.2, -0.15) is 13.2 Å². The highest BCUT2D eigenvalue weighted by Crippen LogP contribution is 2.30. The van der Waals surface area contributed by atoms with Crippen LogP contribution in [-0.2, 0) is 12.8 Å². The first-order valence-electron chi connectivity index (χ1n) is 5.73. The summed E-state index contributed by atoms with van der Waals surface area (Å²) in [7, 11) is 0. The van der Waals surface area contributed by atoms with Crippen LogP contribution in [0.4, 0.5) is 18.9 Å². The van der Waals surface area contributed by atoms with E-state index in [1.807, 2.05) is 0 Å². The number of alkyl halides is 3. The van der Waals surface area contributed by atoms with Crippen LogP contribution in [0.3, 0.4) is 0 Å². The lowest BCUT2D eigenvalue weighted by molar-refractivity contribution is -0.137. The summed E-state index contributed by atoms with van der Waals surface area (Å²) in [6, 6.07) is 8.93. The SMILES string of the molecule is Nc1ccc(COc2ccc(C(F)(F)F)cc2)c(O)c1. The number of phenols is 1. The molecule has 2 rings (SSSR count). The highest BCUT2D eigenvalue weighted by Gasteiger charge is 2.29. The van der Waals surface area contributed by atoms with Gasteiger partial charge in [0, 0.05) is 17.3 Å².